The summed E-state index contributed by atoms with van der Waals surface area (Å²) in [7, 11) is -2.97. The van der Waals surface area contributed by atoms with Crippen LogP contribution in [-0.2, 0) is 9.84 Å². The first-order valence-electron chi connectivity index (χ1n) is 4.43. The minimum Gasteiger partial charge on any atom is -0.224 e. The molecule has 1 aliphatic heterocycles. The van der Waals surface area contributed by atoms with Gasteiger partial charge in [-0.3, -0.25) is 0 Å². The van der Waals surface area contributed by atoms with E-state index in [2.05, 4.69) is 6.92 Å². The van der Waals surface area contributed by atoms with Gasteiger partial charge in [0.25, 0.3) is 0 Å². The highest BCUT2D eigenvalue weighted by Gasteiger charge is 2.26. The third-order valence-corrected chi connectivity index (χ3v) is 4.42. The SMILES string of the molecule is CC1CCS(=O)(=O)c2ccccc21. The first-order valence-corrected chi connectivity index (χ1v) is 6.08. The lowest BCUT2D eigenvalue weighted by Gasteiger charge is -2.21. The highest BCUT2D eigenvalue weighted by molar-refractivity contribution is 7.91. The Morgan fingerprint density at radius 2 is 2.00 bits per heavy atom. The molecule has 0 radical (unpaired) electrons. The topological polar surface area (TPSA) is 34.1 Å². The van der Waals surface area contributed by atoms with Crippen molar-refractivity contribution in [1.29, 1.82) is 0 Å². The van der Waals surface area contributed by atoms with Gasteiger partial charge in [-0.05, 0) is 24.0 Å². The summed E-state index contributed by atoms with van der Waals surface area (Å²) in [4.78, 5) is 0.536. The molecule has 1 heterocycles. The smallest absolute Gasteiger partial charge is 0.178 e. The van der Waals surface area contributed by atoms with E-state index in [9.17, 15) is 8.42 Å². The summed E-state index contributed by atoms with van der Waals surface area (Å²) in [6, 6.07) is 7.31. The molecule has 1 aromatic carbocycles. The molecule has 1 aromatic rings. The van der Waals surface area contributed by atoms with Gasteiger partial charge in [-0.15, -0.1) is 0 Å². The van der Waals surface area contributed by atoms with E-state index >= 15 is 0 Å². The maximum atomic E-state index is 11.6. The Kier molecular flexibility index (Phi) is 1.91. The molecule has 0 saturated heterocycles. The monoisotopic (exact) mass is 196 g/mol. The lowest BCUT2D eigenvalue weighted by Crippen LogP contribution is -2.18. The van der Waals surface area contributed by atoms with Gasteiger partial charge in [-0.2, -0.15) is 0 Å². The summed E-state index contributed by atoms with van der Waals surface area (Å²) in [5.74, 6) is 0.672. The second-order valence-electron chi connectivity index (χ2n) is 3.55. The number of rotatable bonds is 0. The van der Waals surface area contributed by atoms with Crippen LogP contribution in [0.1, 0.15) is 24.8 Å². The summed E-state index contributed by atoms with van der Waals surface area (Å²) in [5.41, 5.74) is 0.980. The molecule has 0 N–H and O–H groups in total. The van der Waals surface area contributed by atoms with Crippen molar-refractivity contribution in [2.45, 2.75) is 24.2 Å². The third-order valence-electron chi connectivity index (χ3n) is 2.60. The number of hydrogen-bond acceptors (Lipinski definition) is 2. The molecule has 13 heavy (non-hydrogen) atoms. The molecule has 0 amide bonds. The number of fused-ring (bicyclic) bond motifs is 1. The summed E-state index contributed by atoms with van der Waals surface area (Å²) in [6.45, 7) is 2.08. The fourth-order valence-electron chi connectivity index (χ4n) is 1.77. The molecular weight excluding hydrogens is 184 g/mol. The predicted molar refractivity (Wildman–Crippen MR) is 51.5 cm³/mol. The van der Waals surface area contributed by atoms with E-state index in [1.165, 1.54) is 0 Å². The molecule has 0 fully saturated rings. The van der Waals surface area contributed by atoms with E-state index in [1.54, 1.807) is 12.1 Å². The van der Waals surface area contributed by atoms with Gasteiger partial charge < -0.3 is 0 Å². The van der Waals surface area contributed by atoms with E-state index in [-0.39, 0.29) is 0 Å². The van der Waals surface area contributed by atoms with Crippen molar-refractivity contribution < 1.29 is 8.42 Å². The maximum absolute atomic E-state index is 11.6. The van der Waals surface area contributed by atoms with Crippen LogP contribution in [0, 0.1) is 0 Å². The van der Waals surface area contributed by atoms with Crippen LogP contribution in [0.3, 0.4) is 0 Å². The Morgan fingerprint density at radius 3 is 2.69 bits per heavy atom. The van der Waals surface area contributed by atoms with E-state index in [1.807, 2.05) is 12.1 Å². The molecule has 2 rings (SSSR count). The van der Waals surface area contributed by atoms with Crippen molar-refractivity contribution in [2.24, 2.45) is 0 Å². The van der Waals surface area contributed by atoms with Crippen LogP contribution in [0.25, 0.3) is 0 Å². The minimum atomic E-state index is -2.97. The third kappa shape index (κ3) is 1.37. The Balaban J connectivity index is 2.68. The van der Waals surface area contributed by atoms with Crippen LogP contribution in [-0.4, -0.2) is 14.2 Å². The molecule has 0 saturated carbocycles. The standard InChI is InChI=1S/C10H12O2S/c1-8-6-7-13(11,12)10-5-3-2-4-9(8)10/h2-5,8H,6-7H2,1H3. The van der Waals surface area contributed by atoms with Gasteiger partial charge in [-0.25, -0.2) is 8.42 Å². The lowest BCUT2D eigenvalue weighted by atomic mass is 9.98. The van der Waals surface area contributed by atoms with Crippen LogP contribution in [0.15, 0.2) is 29.2 Å². The van der Waals surface area contributed by atoms with E-state index in [4.69, 9.17) is 0 Å². The van der Waals surface area contributed by atoms with Crippen LogP contribution in [0.5, 0.6) is 0 Å². The Bertz CT molecular complexity index is 420. The Morgan fingerprint density at radius 1 is 1.31 bits per heavy atom. The number of hydrogen-bond donors (Lipinski definition) is 0. The predicted octanol–water partition coefficient (Wildman–Crippen LogP) is 1.97. The highest BCUT2D eigenvalue weighted by atomic mass is 32.2. The first-order chi connectivity index (χ1) is 6.11. The summed E-state index contributed by atoms with van der Waals surface area (Å²) < 4.78 is 23.2. The summed E-state index contributed by atoms with van der Waals surface area (Å²) in [6.07, 6.45) is 0.749. The number of benzene rings is 1. The molecule has 70 valence electrons. The molecule has 1 unspecified atom stereocenters. The van der Waals surface area contributed by atoms with Crippen molar-refractivity contribution in [3.05, 3.63) is 29.8 Å². The van der Waals surface area contributed by atoms with Crippen molar-refractivity contribution in [3.63, 3.8) is 0 Å². The second-order valence-corrected chi connectivity index (χ2v) is 5.62. The molecular formula is C10H12O2S. The van der Waals surface area contributed by atoms with Gasteiger partial charge in [-0.1, -0.05) is 25.1 Å². The zero-order valence-electron chi connectivity index (χ0n) is 7.53. The second kappa shape index (κ2) is 2.84. The lowest BCUT2D eigenvalue weighted by molar-refractivity contribution is 0.574. The minimum absolute atomic E-state index is 0.297. The highest BCUT2D eigenvalue weighted by Crippen LogP contribution is 2.32. The van der Waals surface area contributed by atoms with Gasteiger partial charge in [0.2, 0.25) is 0 Å². The molecule has 2 nitrogen and oxygen atoms in total. The largest absolute Gasteiger partial charge is 0.224 e. The summed E-state index contributed by atoms with van der Waals surface area (Å²) >= 11 is 0. The Hall–Kier alpha value is -0.830. The zero-order chi connectivity index (χ0) is 9.47. The van der Waals surface area contributed by atoms with Gasteiger partial charge in [0, 0.05) is 0 Å². The Labute approximate surface area is 78.5 Å². The zero-order valence-corrected chi connectivity index (χ0v) is 8.34. The van der Waals surface area contributed by atoms with E-state index in [0.717, 1.165) is 12.0 Å². The molecule has 0 aliphatic carbocycles. The maximum Gasteiger partial charge on any atom is 0.178 e. The van der Waals surface area contributed by atoms with E-state index in [0.29, 0.717) is 16.6 Å². The van der Waals surface area contributed by atoms with E-state index < -0.39 is 9.84 Å². The molecule has 3 heteroatoms. The molecule has 1 aliphatic rings. The fraction of sp³-hybridized carbons (Fsp3) is 0.400. The van der Waals surface area contributed by atoms with Crippen molar-refractivity contribution in [2.75, 3.05) is 5.75 Å². The van der Waals surface area contributed by atoms with Crippen molar-refractivity contribution >= 4 is 9.84 Å². The molecule has 0 aromatic heterocycles. The van der Waals surface area contributed by atoms with Crippen LogP contribution in [0.2, 0.25) is 0 Å². The van der Waals surface area contributed by atoms with Gasteiger partial charge in [0.1, 0.15) is 0 Å². The summed E-state index contributed by atoms with van der Waals surface area (Å²) in [5, 5.41) is 0. The van der Waals surface area contributed by atoms with Crippen molar-refractivity contribution in [3.8, 4) is 0 Å². The van der Waals surface area contributed by atoms with Gasteiger partial charge >= 0.3 is 0 Å². The van der Waals surface area contributed by atoms with Crippen LogP contribution < -0.4 is 0 Å². The van der Waals surface area contributed by atoms with Gasteiger partial charge in [0.15, 0.2) is 9.84 Å². The molecule has 1 atom stereocenters. The normalized spacial score (nSPS) is 25.2. The van der Waals surface area contributed by atoms with Crippen molar-refractivity contribution in [1.82, 2.24) is 0 Å². The first kappa shape index (κ1) is 8.75. The number of sulfone groups is 1. The van der Waals surface area contributed by atoms with Crippen LogP contribution in [0.4, 0.5) is 0 Å². The molecule has 0 bridgehead atoms. The quantitative estimate of drug-likeness (QED) is 0.635. The fourth-order valence-corrected chi connectivity index (χ4v) is 3.57. The van der Waals surface area contributed by atoms with Gasteiger partial charge in [0.05, 0.1) is 10.6 Å². The average Bonchev–Trinajstić information content (AvgIpc) is 2.13. The molecule has 0 spiro atoms. The van der Waals surface area contributed by atoms with Crippen LogP contribution >= 0.6 is 0 Å². The average molecular weight is 196 g/mol.